The topological polar surface area (TPSA) is 96.4 Å². The number of hydrogen-bond acceptors (Lipinski definition) is 5. The van der Waals surface area contributed by atoms with Gasteiger partial charge in [-0.15, -0.1) is 0 Å². The number of hydrogen-bond donors (Lipinski definition) is 1. The Labute approximate surface area is 205 Å². The number of carboxylic acids is 1. The Morgan fingerprint density at radius 1 is 1.00 bits per heavy atom. The van der Waals surface area contributed by atoms with Crippen molar-refractivity contribution in [1.82, 2.24) is 9.80 Å². The summed E-state index contributed by atoms with van der Waals surface area (Å²) in [6, 6.07) is 16.1. The molecule has 2 amide bonds. The Kier molecular flexibility index (Phi) is 6.49. The fraction of sp³-hybridized carbons (Fsp3) is 0.444. The summed E-state index contributed by atoms with van der Waals surface area (Å²) in [5, 5.41) is 10.1. The van der Waals surface area contributed by atoms with Crippen molar-refractivity contribution in [1.29, 1.82) is 0 Å². The van der Waals surface area contributed by atoms with Crippen molar-refractivity contribution in [2.45, 2.75) is 50.7 Å². The number of likely N-dealkylation sites (N-methyl/N-ethyl adjacent to an activating group) is 1. The van der Waals surface area contributed by atoms with E-state index in [1.54, 1.807) is 20.8 Å². The van der Waals surface area contributed by atoms with Crippen LogP contribution in [0.4, 0.5) is 9.59 Å². The number of nitrogens with zero attached hydrogens (tertiary/aromatic N) is 2. The Morgan fingerprint density at radius 2 is 1.51 bits per heavy atom. The fourth-order valence-corrected chi connectivity index (χ4v) is 4.94. The van der Waals surface area contributed by atoms with Gasteiger partial charge in [-0.3, -0.25) is 4.90 Å². The Morgan fingerprint density at radius 3 is 2.00 bits per heavy atom. The van der Waals surface area contributed by atoms with Crippen molar-refractivity contribution < 1.29 is 29.0 Å². The van der Waals surface area contributed by atoms with Gasteiger partial charge in [0.15, 0.2) is 0 Å². The normalized spacial score (nSPS) is 16.7. The first-order chi connectivity index (χ1) is 16.5. The molecule has 1 N–H and O–H groups in total. The standard InChI is InChI=1S/C27H32N2O6/c1-26(2,3)35-25(33)29-15-13-27(14-16-29,23(30)31)28(4)24(32)34-17-22-20-11-7-5-9-18(20)19-10-6-8-12-21(19)22/h5-12,22H,13-17H2,1-4H3,(H,30,31). The second-order valence-electron chi connectivity index (χ2n) is 10.2. The van der Waals surface area contributed by atoms with Crippen LogP contribution in [0.1, 0.15) is 50.7 Å². The highest BCUT2D eigenvalue weighted by Crippen LogP contribution is 2.44. The van der Waals surface area contributed by atoms with Gasteiger partial charge in [0.2, 0.25) is 0 Å². The van der Waals surface area contributed by atoms with E-state index in [-0.39, 0.29) is 38.5 Å². The van der Waals surface area contributed by atoms with Crippen molar-refractivity contribution in [3.63, 3.8) is 0 Å². The summed E-state index contributed by atoms with van der Waals surface area (Å²) in [7, 11) is 1.45. The molecule has 8 nitrogen and oxygen atoms in total. The second-order valence-corrected chi connectivity index (χ2v) is 10.2. The number of fused-ring (bicyclic) bond motifs is 3. The molecule has 1 heterocycles. The summed E-state index contributed by atoms with van der Waals surface area (Å²) in [6.45, 7) is 5.78. The number of carboxylic acid groups (broad SMARTS) is 1. The molecule has 1 aliphatic carbocycles. The van der Waals surface area contributed by atoms with Crippen molar-refractivity contribution >= 4 is 18.2 Å². The molecule has 1 aliphatic heterocycles. The highest BCUT2D eigenvalue weighted by Gasteiger charge is 2.49. The fourth-order valence-electron chi connectivity index (χ4n) is 4.94. The summed E-state index contributed by atoms with van der Waals surface area (Å²) < 4.78 is 11.1. The number of rotatable bonds is 4. The number of piperidine rings is 1. The van der Waals surface area contributed by atoms with Gasteiger partial charge < -0.3 is 19.5 Å². The number of carbonyl (C=O) groups excluding carboxylic acids is 2. The number of benzene rings is 2. The molecule has 0 aromatic heterocycles. The van der Waals surface area contributed by atoms with Crippen LogP contribution in [0.5, 0.6) is 0 Å². The summed E-state index contributed by atoms with van der Waals surface area (Å²) in [5.74, 6) is -1.23. The highest BCUT2D eigenvalue weighted by molar-refractivity contribution is 5.85. The molecular weight excluding hydrogens is 448 g/mol. The zero-order chi connectivity index (χ0) is 25.4. The highest BCUT2D eigenvalue weighted by atomic mass is 16.6. The van der Waals surface area contributed by atoms with Crippen molar-refractivity contribution in [3.8, 4) is 11.1 Å². The van der Waals surface area contributed by atoms with Gasteiger partial charge >= 0.3 is 18.2 Å². The zero-order valence-corrected chi connectivity index (χ0v) is 20.6. The third-order valence-corrected chi connectivity index (χ3v) is 6.89. The number of carbonyl (C=O) groups is 3. The lowest BCUT2D eigenvalue weighted by atomic mass is 9.86. The SMILES string of the molecule is CN(C(=O)OCC1c2ccccc2-c2ccccc21)C1(C(=O)O)CCN(C(=O)OC(C)(C)C)CC1. The van der Waals surface area contributed by atoms with E-state index < -0.39 is 29.3 Å². The average molecular weight is 481 g/mol. The molecule has 2 aromatic rings. The Hall–Kier alpha value is -3.55. The monoisotopic (exact) mass is 480 g/mol. The van der Waals surface area contributed by atoms with Crippen LogP contribution in [-0.4, -0.2) is 70.9 Å². The van der Waals surface area contributed by atoms with Gasteiger partial charge in [0.1, 0.15) is 17.7 Å². The smallest absolute Gasteiger partial charge is 0.410 e. The van der Waals surface area contributed by atoms with Crippen LogP contribution in [-0.2, 0) is 14.3 Å². The van der Waals surface area contributed by atoms with Gasteiger partial charge in [-0.2, -0.15) is 0 Å². The Bertz CT molecular complexity index is 1080. The van der Waals surface area contributed by atoms with E-state index in [1.165, 1.54) is 16.8 Å². The Balaban J connectivity index is 1.44. The van der Waals surface area contributed by atoms with Gasteiger partial charge in [-0.05, 0) is 55.9 Å². The molecule has 35 heavy (non-hydrogen) atoms. The molecular formula is C27H32N2O6. The van der Waals surface area contributed by atoms with E-state index in [0.29, 0.717) is 0 Å². The van der Waals surface area contributed by atoms with Crippen LogP contribution < -0.4 is 0 Å². The van der Waals surface area contributed by atoms with Gasteiger partial charge in [-0.25, -0.2) is 14.4 Å². The van der Waals surface area contributed by atoms with Gasteiger partial charge in [0, 0.05) is 26.1 Å². The molecule has 2 aliphatic rings. The molecule has 0 atom stereocenters. The van der Waals surface area contributed by atoms with Crippen molar-refractivity contribution in [3.05, 3.63) is 59.7 Å². The van der Waals surface area contributed by atoms with Gasteiger partial charge in [0.05, 0.1) is 0 Å². The first kappa shape index (κ1) is 24.6. The van der Waals surface area contributed by atoms with Gasteiger partial charge in [-0.1, -0.05) is 48.5 Å². The first-order valence-corrected chi connectivity index (χ1v) is 11.8. The largest absolute Gasteiger partial charge is 0.479 e. The molecule has 1 fully saturated rings. The van der Waals surface area contributed by atoms with Crippen molar-refractivity contribution in [2.24, 2.45) is 0 Å². The summed E-state index contributed by atoms with van der Waals surface area (Å²) in [6.07, 6.45) is -1.01. The van der Waals surface area contributed by atoms with E-state index in [1.807, 2.05) is 36.4 Å². The van der Waals surface area contributed by atoms with Crippen LogP contribution >= 0.6 is 0 Å². The van der Waals surface area contributed by atoms with Crippen LogP contribution in [0, 0.1) is 0 Å². The molecule has 2 aromatic carbocycles. The molecule has 1 saturated heterocycles. The third kappa shape index (κ3) is 4.70. The molecule has 0 unspecified atom stereocenters. The quantitative estimate of drug-likeness (QED) is 0.680. The van der Waals surface area contributed by atoms with E-state index >= 15 is 0 Å². The lowest BCUT2D eigenvalue weighted by molar-refractivity contribution is -0.153. The van der Waals surface area contributed by atoms with Crippen molar-refractivity contribution in [2.75, 3.05) is 26.7 Å². The molecule has 8 heteroatoms. The maximum Gasteiger partial charge on any atom is 0.410 e. The first-order valence-electron chi connectivity index (χ1n) is 11.8. The predicted octanol–water partition coefficient (Wildman–Crippen LogP) is 4.72. The van der Waals surface area contributed by atoms with E-state index in [9.17, 15) is 19.5 Å². The summed E-state index contributed by atoms with van der Waals surface area (Å²) >= 11 is 0. The average Bonchev–Trinajstić information content (AvgIpc) is 3.14. The molecule has 0 spiro atoms. The second kappa shape index (κ2) is 9.24. The summed E-state index contributed by atoms with van der Waals surface area (Å²) in [5.41, 5.74) is 2.31. The van der Waals surface area contributed by atoms with E-state index in [2.05, 4.69) is 12.1 Å². The van der Waals surface area contributed by atoms with Crippen LogP contribution in [0.3, 0.4) is 0 Å². The molecule has 186 valence electrons. The van der Waals surface area contributed by atoms with Crippen LogP contribution in [0.15, 0.2) is 48.5 Å². The van der Waals surface area contributed by atoms with Gasteiger partial charge in [0.25, 0.3) is 0 Å². The van der Waals surface area contributed by atoms with Crippen LogP contribution in [0.2, 0.25) is 0 Å². The summed E-state index contributed by atoms with van der Waals surface area (Å²) in [4.78, 5) is 40.5. The number of likely N-dealkylation sites (tertiary alicyclic amines) is 1. The minimum atomic E-state index is -1.46. The lowest BCUT2D eigenvalue weighted by Crippen LogP contribution is -2.61. The number of amides is 2. The molecule has 0 radical (unpaired) electrons. The molecule has 0 bridgehead atoms. The minimum Gasteiger partial charge on any atom is -0.479 e. The lowest BCUT2D eigenvalue weighted by Gasteiger charge is -2.43. The molecule has 0 saturated carbocycles. The van der Waals surface area contributed by atoms with Crippen LogP contribution in [0.25, 0.3) is 11.1 Å². The zero-order valence-electron chi connectivity index (χ0n) is 20.6. The predicted molar refractivity (Wildman–Crippen MR) is 130 cm³/mol. The van der Waals surface area contributed by atoms with E-state index in [4.69, 9.17) is 9.47 Å². The maximum absolute atomic E-state index is 13.1. The maximum atomic E-state index is 13.1. The minimum absolute atomic E-state index is 0.0856. The molecule has 4 rings (SSSR count). The number of ether oxygens (including phenoxy) is 2. The third-order valence-electron chi connectivity index (χ3n) is 6.89. The van der Waals surface area contributed by atoms with E-state index in [0.717, 1.165) is 22.3 Å². The number of aliphatic carboxylic acids is 1.